The lowest BCUT2D eigenvalue weighted by atomic mass is 10.1. The van der Waals surface area contributed by atoms with Crippen LogP contribution < -0.4 is 10.1 Å². The van der Waals surface area contributed by atoms with Crippen LogP contribution >= 0.6 is 0 Å². The van der Waals surface area contributed by atoms with Crippen LogP contribution in [0.5, 0.6) is 5.88 Å². The number of ether oxygens (including phenoxy) is 1. The van der Waals surface area contributed by atoms with Crippen LogP contribution in [0.1, 0.15) is 19.5 Å². The zero-order valence-corrected chi connectivity index (χ0v) is 11.1. The maximum atomic E-state index is 5.69. The van der Waals surface area contributed by atoms with Crippen LogP contribution in [-0.2, 0) is 0 Å². The molecule has 0 spiro atoms. The van der Waals surface area contributed by atoms with Crippen LogP contribution in [0.25, 0.3) is 10.8 Å². The maximum Gasteiger partial charge on any atom is 0.241 e. The summed E-state index contributed by atoms with van der Waals surface area (Å²) in [6, 6.07) is 8.51. The van der Waals surface area contributed by atoms with Crippen molar-refractivity contribution in [3.05, 3.63) is 30.0 Å². The molecule has 0 amide bonds. The molecule has 0 aliphatic rings. The van der Waals surface area contributed by atoms with Crippen molar-refractivity contribution in [2.75, 3.05) is 13.2 Å². The molecule has 1 aromatic heterocycles. The molecule has 0 fully saturated rings. The van der Waals surface area contributed by atoms with Gasteiger partial charge in [-0.05, 0) is 13.0 Å². The normalized spacial score (nSPS) is 11.1. The maximum absolute atomic E-state index is 5.69. The van der Waals surface area contributed by atoms with Gasteiger partial charge in [-0.2, -0.15) is 5.10 Å². The molecule has 1 heterocycles. The van der Waals surface area contributed by atoms with Crippen molar-refractivity contribution in [2.45, 2.75) is 26.8 Å². The summed E-state index contributed by atoms with van der Waals surface area (Å²) in [5.74, 6) is 0.613. The third-order valence-electron chi connectivity index (χ3n) is 2.73. The van der Waals surface area contributed by atoms with Crippen LogP contribution in [0.4, 0.5) is 0 Å². The van der Waals surface area contributed by atoms with Gasteiger partial charge in [-0.15, -0.1) is 5.10 Å². The van der Waals surface area contributed by atoms with Crippen LogP contribution in [0, 0.1) is 6.92 Å². The largest absolute Gasteiger partial charge is 0.475 e. The van der Waals surface area contributed by atoms with Gasteiger partial charge in [0.25, 0.3) is 0 Å². The molecule has 96 valence electrons. The summed E-state index contributed by atoms with van der Waals surface area (Å²) in [5, 5.41) is 13.7. The molecule has 0 aliphatic carbocycles. The molecule has 0 bridgehead atoms. The minimum absolute atomic E-state index is 0.467. The van der Waals surface area contributed by atoms with E-state index >= 15 is 0 Å². The van der Waals surface area contributed by atoms with E-state index in [1.54, 1.807) is 0 Å². The zero-order chi connectivity index (χ0) is 13.0. The van der Waals surface area contributed by atoms with E-state index in [-0.39, 0.29) is 0 Å². The van der Waals surface area contributed by atoms with E-state index in [4.69, 9.17) is 4.74 Å². The molecule has 2 aromatic rings. The van der Waals surface area contributed by atoms with Crippen molar-refractivity contribution in [2.24, 2.45) is 0 Å². The predicted molar refractivity (Wildman–Crippen MR) is 72.9 cm³/mol. The molecular formula is C14H19N3O. The number of hydrogen-bond acceptors (Lipinski definition) is 4. The van der Waals surface area contributed by atoms with E-state index in [9.17, 15) is 0 Å². The van der Waals surface area contributed by atoms with Crippen molar-refractivity contribution < 1.29 is 4.74 Å². The van der Waals surface area contributed by atoms with Gasteiger partial charge in [0, 0.05) is 23.4 Å². The van der Waals surface area contributed by atoms with E-state index in [0.717, 1.165) is 23.0 Å². The van der Waals surface area contributed by atoms with Crippen LogP contribution in [-0.4, -0.2) is 29.4 Å². The third kappa shape index (κ3) is 2.96. The molecular weight excluding hydrogens is 226 g/mol. The number of hydrogen-bond donors (Lipinski definition) is 1. The summed E-state index contributed by atoms with van der Waals surface area (Å²) < 4.78 is 5.69. The summed E-state index contributed by atoms with van der Waals surface area (Å²) in [5.41, 5.74) is 0.929. The first-order chi connectivity index (χ1) is 8.68. The molecule has 2 rings (SSSR count). The lowest BCUT2D eigenvalue weighted by Gasteiger charge is -2.10. The highest BCUT2D eigenvalue weighted by molar-refractivity contribution is 5.88. The second-order valence-corrected chi connectivity index (χ2v) is 4.59. The molecule has 1 aromatic carbocycles. The predicted octanol–water partition coefficient (Wildman–Crippen LogP) is 2.32. The number of nitrogens with one attached hydrogen (secondary N) is 1. The van der Waals surface area contributed by atoms with Gasteiger partial charge in [-0.1, -0.05) is 32.0 Å². The summed E-state index contributed by atoms with van der Waals surface area (Å²) in [7, 11) is 0. The Labute approximate surface area is 107 Å². The SMILES string of the molecule is Cc1nnc(OCCNC(C)C)c2ccccc12. The fourth-order valence-electron chi connectivity index (χ4n) is 1.82. The summed E-state index contributed by atoms with van der Waals surface area (Å²) in [4.78, 5) is 0. The van der Waals surface area contributed by atoms with Gasteiger partial charge in [0.1, 0.15) is 6.61 Å². The van der Waals surface area contributed by atoms with E-state index in [1.165, 1.54) is 0 Å². The topological polar surface area (TPSA) is 47.0 Å². The first kappa shape index (κ1) is 12.8. The Morgan fingerprint density at radius 1 is 1.17 bits per heavy atom. The molecule has 0 saturated carbocycles. The van der Waals surface area contributed by atoms with Gasteiger partial charge in [-0.25, -0.2) is 0 Å². The molecule has 4 heteroatoms. The first-order valence-electron chi connectivity index (χ1n) is 6.26. The summed E-state index contributed by atoms with van der Waals surface area (Å²) in [6.07, 6.45) is 0. The Hall–Kier alpha value is -1.68. The second kappa shape index (κ2) is 5.78. The molecule has 0 saturated heterocycles. The van der Waals surface area contributed by atoms with Gasteiger partial charge in [-0.3, -0.25) is 0 Å². The van der Waals surface area contributed by atoms with Gasteiger partial charge in [0.15, 0.2) is 0 Å². The van der Waals surface area contributed by atoms with Crippen LogP contribution in [0.3, 0.4) is 0 Å². The van der Waals surface area contributed by atoms with Gasteiger partial charge >= 0.3 is 0 Å². The van der Waals surface area contributed by atoms with Crippen molar-refractivity contribution in [1.82, 2.24) is 15.5 Å². The number of aryl methyl sites for hydroxylation is 1. The molecule has 1 N–H and O–H groups in total. The highest BCUT2D eigenvalue weighted by Crippen LogP contribution is 2.23. The van der Waals surface area contributed by atoms with E-state index in [0.29, 0.717) is 18.5 Å². The third-order valence-corrected chi connectivity index (χ3v) is 2.73. The van der Waals surface area contributed by atoms with E-state index in [2.05, 4.69) is 29.4 Å². The van der Waals surface area contributed by atoms with Crippen molar-refractivity contribution >= 4 is 10.8 Å². The first-order valence-corrected chi connectivity index (χ1v) is 6.26. The van der Waals surface area contributed by atoms with Crippen LogP contribution in [0.2, 0.25) is 0 Å². The lowest BCUT2D eigenvalue weighted by molar-refractivity contribution is 0.298. The second-order valence-electron chi connectivity index (χ2n) is 4.59. The zero-order valence-electron chi connectivity index (χ0n) is 11.1. The molecule has 0 unspecified atom stereocenters. The Kier molecular flexibility index (Phi) is 4.10. The average Bonchev–Trinajstić information content (AvgIpc) is 2.37. The molecule has 4 nitrogen and oxygen atoms in total. The lowest BCUT2D eigenvalue weighted by Crippen LogP contribution is -2.27. The van der Waals surface area contributed by atoms with Crippen molar-refractivity contribution in [1.29, 1.82) is 0 Å². The number of fused-ring (bicyclic) bond motifs is 1. The van der Waals surface area contributed by atoms with E-state index < -0.39 is 0 Å². The highest BCUT2D eigenvalue weighted by Gasteiger charge is 2.06. The van der Waals surface area contributed by atoms with Gasteiger partial charge in [0.05, 0.1) is 5.69 Å². The Balaban J connectivity index is 2.11. The number of aromatic nitrogens is 2. The molecule has 0 aliphatic heterocycles. The van der Waals surface area contributed by atoms with Crippen molar-refractivity contribution in [3.8, 4) is 5.88 Å². The standard InChI is InChI=1S/C14H19N3O/c1-10(2)15-8-9-18-14-13-7-5-4-6-12(13)11(3)16-17-14/h4-7,10,15H,8-9H2,1-3H3. The van der Waals surface area contributed by atoms with E-state index in [1.807, 2.05) is 31.2 Å². The fourth-order valence-corrected chi connectivity index (χ4v) is 1.82. The van der Waals surface area contributed by atoms with Crippen molar-refractivity contribution in [3.63, 3.8) is 0 Å². The minimum atomic E-state index is 0.467. The van der Waals surface area contributed by atoms with Gasteiger partial charge < -0.3 is 10.1 Å². The smallest absolute Gasteiger partial charge is 0.241 e. The fraction of sp³-hybridized carbons (Fsp3) is 0.429. The highest BCUT2D eigenvalue weighted by atomic mass is 16.5. The van der Waals surface area contributed by atoms with Gasteiger partial charge in [0.2, 0.25) is 5.88 Å². The summed E-state index contributed by atoms with van der Waals surface area (Å²) >= 11 is 0. The minimum Gasteiger partial charge on any atom is -0.475 e. The molecule has 0 radical (unpaired) electrons. The number of rotatable bonds is 5. The number of nitrogens with zero attached hydrogens (tertiary/aromatic N) is 2. The Morgan fingerprint density at radius 2 is 1.89 bits per heavy atom. The summed E-state index contributed by atoms with van der Waals surface area (Å²) in [6.45, 7) is 7.59. The Morgan fingerprint density at radius 3 is 2.61 bits per heavy atom. The monoisotopic (exact) mass is 245 g/mol. The number of benzene rings is 1. The quantitative estimate of drug-likeness (QED) is 0.821. The molecule has 18 heavy (non-hydrogen) atoms. The average molecular weight is 245 g/mol. The molecule has 0 atom stereocenters. The van der Waals surface area contributed by atoms with Crippen LogP contribution in [0.15, 0.2) is 24.3 Å². The Bertz CT molecular complexity index is 525.